The number of rotatable bonds is 3. The van der Waals surface area contributed by atoms with Crippen LogP contribution in [0.15, 0.2) is 24.3 Å². The summed E-state index contributed by atoms with van der Waals surface area (Å²) in [6, 6.07) is 4.84. The molecule has 0 spiro atoms. The molecule has 1 aromatic carbocycles. The lowest BCUT2D eigenvalue weighted by Crippen LogP contribution is -1.92. The molecule has 80 valence electrons. The minimum absolute atomic E-state index is 0.0488. The van der Waals surface area contributed by atoms with Gasteiger partial charge in [-0.25, -0.2) is 4.39 Å². The van der Waals surface area contributed by atoms with Crippen molar-refractivity contribution in [2.75, 3.05) is 11.5 Å². The highest BCUT2D eigenvalue weighted by Gasteiger charge is 2.01. The molecule has 0 unspecified atom stereocenters. The van der Waals surface area contributed by atoms with Crippen LogP contribution in [0, 0.1) is 5.82 Å². The van der Waals surface area contributed by atoms with Crippen molar-refractivity contribution >= 4 is 28.6 Å². The summed E-state index contributed by atoms with van der Waals surface area (Å²) >= 11 is 1.18. The second-order valence-electron chi connectivity index (χ2n) is 2.96. The molecular weight excluding hydrogens is 213 g/mol. The zero-order valence-electron chi connectivity index (χ0n) is 8.37. The van der Waals surface area contributed by atoms with Crippen LogP contribution in [0.5, 0.6) is 0 Å². The summed E-state index contributed by atoms with van der Waals surface area (Å²) in [5.74, 6) is 0.130. The molecule has 15 heavy (non-hydrogen) atoms. The van der Waals surface area contributed by atoms with Gasteiger partial charge in [0, 0.05) is 18.2 Å². The summed E-state index contributed by atoms with van der Waals surface area (Å²) in [6.45, 7) is 1.50. The van der Waals surface area contributed by atoms with Crippen molar-refractivity contribution in [1.29, 1.82) is 0 Å². The lowest BCUT2D eigenvalue weighted by atomic mass is 10.2. The third kappa shape index (κ3) is 3.75. The highest BCUT2D eigenvalue weighted by atomic mass is 32.2. The molecule has 0 saturated carbocycles. The standard InChI is InChI=1S/C11H12FNOS/c1-8(14)15-7-3-5-9-4-2-6-10(13)11(9)12/h2-6H,7,13H2,1H3. The van der Waals surface area contributed by atoms with Crippen LogP contribution in [0.3, 0.4) is 0 Å². The van der Waals surface area contributed by atoms with Gasteiger partial charge in [0.2, 0.25) is 0 Å². The molecule has 0 amide bonds. The molecule has 0 atom stereocenters. The largest absolute Gasteiger partial charge is 0.396 e. The molecular formula is C11H12FNOS. The van der Waals surface area contributed by atoms with Crippen molar-refractivity contribution in [3.8, 4) is 0 Å². The summed E-state index contributed by atoms with van der Waals surface area (Å²) < 4.78 is 13.3. The highest BCUT2D eigenvalue weighted by Crippen LogP contribution is 2.16. The van der Waals surface area contributed by atoms with Crippen molar-refractivity contribution in [2.24, 2.45) is 0 Å². The lowest BCUT2D eigenvalue weighted by Gasteiger charge is -1.99. The number of benzene rings is 1. The van der Waals surface area contributed by atoms with E-state index in [-0.39, 0.29) is 10.8 Å². The zero-order chi connectivity index (χ0) is 11.3. The zero-order valence-corrected chi connectivity index (χ0v) is 9.18. The van der Waals surface area contributed by atoms with Gasteiger partial charge in [-0.3, -0.25) is 4.79 Å². The maximum atomic E-state index is 13.3. The molecule has 0 heterocycles. The summed E-state index contributed by atoms with van der Waals surface area (Å²) in [7, 11) is 0. The fourth-order valence-corrected chi connectivity index (χ4v) is 1.46. The van der Waals surface area contributed by atoms with Crippen molar-refractivity contribution in [3.05, 3.63) is 35.7 Å². The number of hydrogen-bond donors (Lipinski definition) is 1. The number of carbonyl (C=O) groups excluding carboxylic acids is 1. The van der Waals surface area contributed by atoms with Gasteiger partial charge < -0.3 is 5.73 Å². The Bertz CT molecular complexity index is 390. The van der Waals surface area contributed by atoms with Crippen molar-refractivity contribution in [2.45, 2.75) is 6.92 Å². The fourth-order valence-electron chi connectivity index (χ4n) is 1.04. The molecule has 0 aromatic heterocycles. The topological polar surface area (TPSA) is 43.1 Å². The van der Waals surface area contributed by atoms with Gasteiger partial charge in [-0.1, -0.05) is 36.0 Å². The Morgan fingerprint density at radius 2 is 2.33 bits per heavy atom. The van der Waals surface area contributed by atoms with E-state index < -0.39 is 5.82 Å². The van der Waals surface area contributed by atoms with Gasteiger partial charge >= 0.3 is 0 Å². The number of anilines is 1. The molecule has 0 fully saturated rings. The average molecular weight is 225 g/mol. The normalized spacial score (nSPS) is 10.8. The Morgan fingerprint density at radius 3 is 3.00 bits per heavy atom. The first-order chi connectivity index (χ1) is 7.11. The second-order valence-corrected chi connectivity index (χ2v) is 4.15. The van der Waals surface area contributed by atoms with E-state index in [1.807, 2.05) is 0 Å². The van der Waals surface area contributed by atoms with E-state index in [0.717, 1.165) is 0 Å². The molecule has 2 N–H and O–H groups in total. The number of hydrogen-bond acceptors (Lipinski definition) is 3. The smallest absolute Gasteiger partial charge is 0.186 e. The molecule has 0 aliphatic rings. The maximum Gasteiger partial charge on any atom is 0.186 e. The lowest BCUT2D eigenvalue weighted by molar-refractivity contribution is -0.109. The van der Waals surface area contributed by atoms with Crippen LogP contribution in [0.2, 0.25) is 0 Å². The van der Waals surface area contributed by atoms with Crippen LogP contribution in [-0.4, -0.2) is 10.9 Å². The van der Waals surface area contributed by atoms with E-state index >= 15 is 0 Å². The van der Waals surface area contributed by atoms with Crippen LogP contribution in [0.1, 0.15) is 12.5 Å². The Balaban J connectivity index is 2.64. The Labute approximate surface area is 92.4 Å². The third-order valence-corrected chi connectivity index (χ3v) is 2.50. The van der Waals surface area contributed by atoms with Gasteiger partial charge in [-0.2, -0.15) is 0 Å². The maximum absolute atomic E-state index is 13.3. The van der Waals surface area contributed by atoms with Gasteiger partial charge in [0.1, 0.15) is 0 Å². The monoisotopic (exact) mass is 225 g/mol. The van der Waals surface area contributed by atoms with Crippen molar-refractivity contribution < 1.29 is 9.18 Å². The number of halogens is 1. The predicted molar refractivity (Wildman–Crippen MR) is 63.0 cm³/mol. The van der Waals surface area contributed by atoms with Gasteiger partial charge in [-0.05, 0) is 6.07 Å². The average Bonchev–Trinajstić information content (AvgIpc) is 2.18. The molecule has 1 rings (SSSR count). The molecule has 1 aromatic rings. The summed E-state index contributed by atoms with van der Waals surface area (Å²) in [5.41, 5.74) is 5.98. The summed E-state index contributed by atoms with van der Waals surface area (Å²) in [5, 5.41) is 0.0488. The molecule has 4 heteroatoms. The predicted octanol–water partition coefficient (Wildman–Crippen LogP) is 2.70. The Hall–Kier alpha value is -1.29. The summed E-state index contributed by atoms with van der Waals surface area (Å²) in [6.07, 6.45) is 3.37. The van der Waals surface area contributed by atoms with Crippen LogP contribution in [0.25, 0.3) is 6.08 Å². The van der Waals surface area contributed by atoms with Gasteiger partial charge in [0.15, 0.2) is 10.9 Å². The second kappa shape index (κ2) is 5.56. The van der Waals surface area contributed by atoms with Crippen LogP contribution < -0.4 is 5.73 Å². The highest BCUT2D eigenvalue weighted by molar-refractivity contribution is 8.13. The van der Waals surface area contributed by atoms with Crippen LogP contribution in [-0.2, 0) is 4.79 Å². The van der Waals surface area contributed by atoms with Gasteiger partial charge in [0.25, 0.3) is 0 Å². The van der Waals surface area contributed by atoms with Crippen LogP contribution in [0.4, 0.5) is 10.1 Å². The van der Waals surface area contributed by atoms with E-state index in [1.165, 1.54) is 24.8 Å². The number of nitrogen functional groups attached to an aromatic ring is 1. The van der Waals surface area contributed by atoms with E-state index in [2.05, 4.69) is 0 Å². The molecule has 0 bridgehead atoms. The molecule has 2 nitrogen and oxygen atoms in total. The van der Waals surface area contributed by atoms with Gasteiger partial charge in [-0.15, -0.1) is 0 Å². The minimum atomic E-state index is -0.415. The van der Waals surface area contributed by atoms with Crippen molar-refractivity contribution in [1.82, 2.24) is 0 Å². The molecule has 0 aliphatic heterocycles. The van der Waals surface area contributed by atoms with Gasteiger partial charge in [0.05, 0.1) is 5.69 Å². The fraction of sp³-hybridized carbons (Fsp3) is 0.182. The first-order valence-electron chi connectivity index (χ1n) is 4.45. The van der Waals surface area contributed by atoms with E-state index in [0.29, 0.717) is 11.3 Å². The number of nitrogens with two attached hydrogens (primary N) is 1. The Morgan fingerprint density at radius 1 is 1.60 bits per heavy atom. The van der Waals surface area contributed by atoms with E-state index in [9.17, 15) is 9.18 Å². The quantitative estimate of drug-likeness (QED) is 0.804. The molecule has 0 aliphatic carbocycles. The van der Waals surface area contributed by atoms with E-state index in [4.69, 9.17) is 5.73 Å². The third-order valence-electron chi connectivity index (χ3n) is 1.74. The van der Waals surface area contributed by atoms with Crippen molar-refractivity contribution in [3.63, 3.8) is 0 Å². The molecule has 0 saturated heterocycles. The number of carbonyl (C=O) groups is 1. The Kier molecular flexibility index (Phi) is 4.37. The first-order valence-corrected chi connectivity index (χ1v) is 5.43. The van der Waals surface area contributed by atoms with Crippen LogP contribution >= 0.6 is 11.8 Å². The van der Waals surface area contributed by atoms with E-state index in [1.54, 1.807) is 24.3 Å². The summed E-state index contributed by atoms with van der Waals surface area (Å²) in [4.78, 5) is 10.6. The first kappa shape index (κ1) is 11.8. The molecule has 0 radical (unpaired) electrons. The minimum Gasteiger partial charge on any atom is -0.396 e. The number of thioether (sulfide) groups is 1. The SMILES string of the molecule is CC(=O)SCC=Cc1cccc(N)c1F.